The predicted molar refractivity (Wildman–Crippen MR) is 77.1 cm³/mol. The summed E-state index contributed by atoms with van der Waals surface area (Å²) in [6, 6.07) is 0. The van der Waals surface area contributed by atoms with Crippen LogP contribution in [0.5, 0.6) is 0 Å². The van der Waals surface area contributed by atoms with E-state index in [1.807, 2.05) is 0 Å². The van der Waals surface area contributed by atoms with Crippen molar-refractivity contribution in [1.29, 1.82) is 0 Å². The van der Waals surface area contributed by atoms with Gasteiger partial charge in [-0.05, 0) is 13.8 Å². The Morgan fingerprint density at radius 1 is 1.00 bits per heavy atom. The third-order valence-electron chi connectivity index (χ3n) is 2.11. The van der Waals surface area contributed by atoms with Crippen LogP contribution in [0, 0.1) is 0 Å². The van der Waals surface area contributed by atoms with Crippen molar-refractivity contribution in [2.45, 2.75) is 68.7 Å². The van der Waals surface area contributed by atoms with E-state index in [2.05, 4.69) is 18.6 Å². The summed E-state index contributed by atoms with van der Waals surface area (Å²) < 4.78 is 7.74. The zero-order chi connectivity index (χ0) is 14.2. The molecule has 0 aliphatic heterocycles. The zero-order valence-electron chi connectivity index (χ0n) is 12.4. The molecule has 0 spiro atoms. The van der Waals surface area contributed by atoms with Crippen molar-refractivity contribution in [3.63, 3.8) is 0 Å². The van der Waals surface area contributed by atoms with Crippen LogP contribution >= 0.6 is 0 Å². The minimum Gasteiger partial charge on any atom is -0.466 e. The molecule has 0 atom stereocenters. The first-order chi connectivity index (χ1) is 8.58. The fourth-order valence-electron chi connectivity index (χ4n) is 1.14. The first kappa shape index (κ1) is 20.3. The Balaban J connectivity index is 0. The minimum atomic E-state index is -0.440. The van der Waals surface area contributed by atoms with E-state index in [0.717, 1.165) is 0 Å². The molecule has 4 heteroatoms. The number of rotatable bonds is 9. The van der Waals surface area contributed by atoms with Crippen molar-refractivity contribution in [1.82, 2.24) is 0 Å². The van der Waals surface area contributed by atoms with E-state index in [4.69, 9.17) is 0 Å². The fourth-order valence-corrected chi connectivity index (χ4v) is 5.30. The average Bonchev–Trinajstić information content (AvgIpc) is 2.29. The van der Waals surface area contributed by atoms with Crippen molar-refractivity contribution < 1.29 is 14.3 Å². The molecule has 0 aromatic heterocycles. The van der Waals surface area contributed by atoms with E-state index in [1.165, 1.54) is 32.6 Å². The largest absolute Gasteiger partial charge is 0.466 e. The van der Waals surface area contributed by atoms with Gasteiger partial charge >= 0.3 is 75.5 Å². The second-order valence-corrected chi connectivity index (χ2v) is 8.42. The van der Waals surface area contributed by atoms with E-state index in [1.54, 1.807) is 15.8 Å². The third-order valence-corrected chi connectivity index (χ3v) is 6.15. The van der Waals surface area contributed by atoms with Crippen molar-refractivity contribution in [3.8, 4) is 0 Å². The van der Waals surface area contributed by atoms with E-state index >= 15 is 0 Å². The molecule has 0 saturated heterocycles. The Morgan fingerprint density at radius 3 is 1.83 bits per heavy atom. The van der Waals surface area contributed by atoms with Crippen LogP contribution in [0.15, 0.2) is 0 Å². The van der Waals surface area contributed by atoms with Crippen LogP contribution in [0.1, 0.15) is 59.8 Å². The third kappa shape index (κ3) is 21.2. The van der Waals surface area contributed by atoms with Crippen molar-refractivity contribution >= 4 is 32.9 Å². The van der Waals surface area contributed by atoms with Gasteiger partial charge < -0.3 is 4.74 Å². The Labute approximate surface area is 122 Å². The number of esters is 1. The van der Waals surface area contributed by atoms with Crippen LogP contribution in [-0.2, 0) is 14.3 Å². The summed E-state index contributed by atoms with van der Waals surface area (Å²) >= 11 is 0.149. The van der Waals surface area contributed by atoms with E-state index in [0.29, 0.717) is 6.61 Å². The van der Waals surface area contributed by atoms with Gasteiger partial charge in [0.2, 0.25) is 0 Å². The van der Waals surface area contributed by atoms with Crippen molar-refractivity contribution in [2.75, 3.05) is 6.61 Å². The molecule has 0 aromatic rings. The van der Waals surface area contributed by atoms with Crippen LogP contribution in [0.2, 0.25) is 8.87 Å². The first-order valence-corrected chi connectivity index (χ1v) is 11.0. The van der Waals surface area contributed by atoms with Gasteiger partial charge in [0.25, 0.3) is 0 Å². The van der Waals surface area contributed by atoms with Crippen LogP contribution in [0.3, 0.4) is 0 Å². The summed E-state index contributed by atoms with van der Waals surface area (Å²) in [5, 5.41) is 0. The molecule has 0 fully saturated rings. The number of hydrogen-bond acceptors (Lipinski definition) is 3. The molecule has 0 aromatic carbocycles. The van der Waals surface area contributed by atoms with Crippen LogP contribution in [-0.4, -0.2) is 39.5 Å². The number of Topliss-reactive ketones (excluding diaryl/α,β-unsaturated/α-hetero) is 1. The van der Waals surface area contributed by atoms with Crippen LogP contribution < -0.4 is 0 Å². The zero-order valence-corrected chi connectivity index (χ0v) is 15.2. The smallest absolute Gasteiger partial charge is 0.313 e. The second-order valence-electron chi connectivity index (χ2n) is 4.14. The maximum Gasteiger partial charge on any atom is 0.313 e. The summed E-state index contributed by atoms with van der Waals surface area (Å²) in [5.74, 6) is -0.599. The van der Waals surface area contributed by atoms with Gasteiger partial charge in [-0.3, -0.25) is 9.59 Å². The molecular weight excluding hydrogens is 335 g/mol. The molecule has 0 N–H and O–H groups in total. The number of ketones is 1. The fraction of sp³-hybridized carbons (Fsp3) is 0.857. The minimum absolute atomic E-state index is 0.103. The van der Waals surface area contributed by atoms with Gasteiger partial charge in [-0.1, -0.05) is 0 Å². The van der Waals surface area contributed by atoms with E-state index in [9.17, 15) is 9.59 Å². The van der Waals surface area contributed by atoms with Crippen molar-refractivity contribution in [3.05, 3.63) is 0 Å². The second kappa shape index (κ2) is 16.9. The Bertz CT molecular complexity index is 199. The summed E-state index contributed by atoms with van der Waals surface area (Å²) in [7, 11) is 0. The van der Waals surface area contributed by atoms with Crippen molar-refractivity contribution in [2.24, 2.45) is 0 Å². The van der Waals surface area contributed by atoms with Crippen LogP contribution in [0.25, 0.3) is 0 Å². The normalized spacial score (nSPS) is 8.89. The maximum absolute atomic E-state index is 10.4. The Morgan fingerprint density at radius 2 is 1.50 bits per heavy atom. The maximum atomic E-state index is 10.4. The van der Waals surface area contributed by atoms with Gasteiger partial charge in [0.05, 0.1) is 6.61 Å². The molecule has 18 heavy (non-hydrogen) atoms. The Hall–Kier alpha value is -0.0613. The van der Waals surface area contributed by atoms with Gasteiger partial charge in [-0.2, -0.15) is 0 Å². The van der Waals surface area contributed by atoms with Crippen LogP contribution in [0.4, 0.5) is 0 Å². The van der Waals surface area contributed by atoms with E-state index < -0.39 is 5.97 Å². The molecule has 0 saturated carbocycles. The molecule has 0 aliphatic rings. The van der Waals surface area contributed by atoms with Gasteiger partial charge in [-0.25, -0.2) is 0 Å². The number of carbonyl (C=O) groups is 2. The SMILES string of the molecule is CCC[CH2][Sn+2][CH2]CCC.CCOC(=O)CC(C)=O. The molecule has 3 nitrogen and oxygen atoms in total. The first-order valence-electron chi connectivity index (χ1n) is 6.94. The Kier molecular flexibility index (Phi) is 19.1. The molecule has 0 amide bonds. The number of unbranched alkanes of at least 4 members (excludes halogenated alkanes) is 2. The van der Waals surface area contributed by atoms with Gasteiger partial charge in [0.1, 0.15) is 12.2 Å². The summed E-state index contributed by atoms with van der Waals surface area (Å²) in [6.45, 7) is 7.99. The average molecular weight is 363 g/mol. The van der Waals surface area contributed by atoms with Gasteiger partial charge in [0.15, 0.2) is 0 Å². The molecule has 0 unspecified atom stereocenters. The van der Waals surface area contributed by atoms with Gasteiger partial charge in [0, 0.05) is 0 Å². The molecule has 0 bridgehead atoms. The quantitative estimate of drug-likeness (QED) is 0.272. The summed E-state index contributed by atoms with van der Waals surface area (Å²) in [6.07, 6.45) is 5.74. The molecule has 0 heterocycles. The number of carbonyl (C=O) groups excluding carboxylic acids is 2. The molecular formula is C14H28O3Sn+2. The molecule has 0 radical (unpaired) electrons. The van der Waals surface area contributed by atoms with Gasteiger partial charge in [-0.15, -0.1) is 0 Å². The number of hydrogen-bond donors (Lipinski definition) is 0. The number of ether oxygens (including phenoxy) is 1. The molecule has 0 aliphatic carbocycles. The standard InChI is InChI=1S/C6H10O3.2C4H9.Sn/c1-3-9-6(8)4-5(2)7;2*1-3-4-2;/h3-4H2,1-2H3;2*1,3-4H2,2H3;/q;;;+2. The van der Waals surface area contributed by atoms with E-state index in [-0.39, 0.29) is 33.3 Å². The monoisotopic (exact) mass is 364 g/mol. The predicted octanol–water partition coefficient (Wildman–Crippen LogP) is 3.66. The summed E-state index contributed by atoms with van der Waals surface area (Å²) in [4.78, 5) is 20.6. The summed E-state index contributed by atoms with van der Waals surface area (Å²) in [5.41, 5.74) is 0. The molecule has 0 rings (SSSR count). The molecule has 104 valence electrons. The topological polar surface area (TPSA) is 43.4 Å².